The third-order valence-corrected chi connectivity index (χ3v) is 1.07. The summed E-state index contributed by atoms with van der Waals surface area (Å²) in [5.41, 5.74) is 0. The third-order valence-electron chi connectivity index (χ3n) is 1.07. The van der Waals surface area contributed by atoms with Gasteiger partial charge >= 0.3 is 0 Å². The van der Waals surface area contributed by atoms with E-state index in [1.165, 1.54) is 0 Å². The summed E-state index contributed by atoms with van der Waals surface area (Å²) in [7, 11) is 6.25. The lowest BCUT2D eigenvalue weighted by Crippen LogP contribution is -3.00. The summed E-state index contributed by atoms with van der Waals surface area (Å²) in [6.07, 6.45) is 1.00. The van der Waals surface area contributed by atoms with Crippen molar-refractivity contribution in [3.05, 3.63) is 0 Å². The highest BCUT2D eigenvalue weighted by Crippen LogP contribution is 1.97. The van der Waals surface area contributed by atoms with Crippen LogP contribution in [0.2, 0.25) is 0 Å². The van der Waals surface area contributed by atoms with Gasteiger partial charge in [-0.2, -0.15) is 0 Å². The van der Waals surface area contributed by atoms with Gasteiger partial charge in [-0.1, -0.05) is 6.92 Å². The summed E-state index contributed by atoms with van der Waals surface area (Å²) in [5.74, 6) is 0.185. The molecular formula is C7H16ClNO. The van der Waals surface area contributed by atoms with Crippen molar-refractivity contribution < 1.29 is 21.7 Å². The Morgan fingerprint density at radius 2 is 1.80 bits per heavy atom. The Kier molecular flexibility index (Phi) is 5.90. The number of hydrogen-bond acceptors (Lipinski definition) is 1. The van der Waals surface area contributed by atoms with Gasteiger partial charge in [-0.3, -0.25) is 0 Å². The molecule has 1 atom stereocenters. The topological polar surface area (TPSA) is 17.1 Å². The van der Waals surface area contributed by atoms with E-state index in [2.05, 4.69) is 21.1 Å². The van der Waals surface area contributed by atoms with Crippen LogP contribution in [0.25, 0.3) is 0 Å². The SMILES string of the molecule is CC(C=O)C[N+](C)(C)C.[Cl-]. The molecule has 0 aliphatic carbocycles. The Morgan fingerprint density at radius 3 is 1.90 bits per heavy atom. The first-order valence-corrected chi connectivity index (χ1v) is 3.21. The van der Waals surface area contributed by atoms with E-state index in [0.29, 0.717) is 0 Å². The van der Waals surface area contributed by atoms with Crippen molar-refractivity contribution in [1.29, 1.82) is 0 Å². The van der Waals surface area contributed by atoms with E-state index in [1.807, 2.05) is 6.92 Å². The average molecular weight is 166 g/mol. The maximum Gasteiger partial charge on any atom is 0.128 e. The standard InChI is InChI=1S/C7H16NO.ClH/c1-7(6-9)5-8(2,3)4;/h6-7H,5H2,1-4H3;1H/q+1;/p-1. The molecule has 0 aliphatic heterocycles. The lowest BCUT2D eigenvalue weighted by atomic mass is 10.2. The Bertz CT molecular complexity index is 98.3. The molecule has 2 nitrogen and oxygen atoms in total. The van der Waals surface area contributed by atoms with Gasteiger partial charge in [-0.25, -0.2) is 0 Å². The zero-order valence-electron chi connectivity index (χ0n) is 7.10. The van der Waals surface area contributed by atoms with Crippen LogP contribution in [0.1, 0.15) is 6.92 Å². The Labute approximate surface area is 69.2 Å². The molecule has 62 valence electrons. The molecule has 0 rings (SSSR count). The molecule has 0 radical (unpaired) electrons. The van der Waals surface area contributed by atoms with Crippen LogP contribution in [0.5, 0.6) is 0 Å². The van der Waals surface area contributed by atoms with Gasteiger partial charge in [0.1, 0.15) is 6.29 Å². The maximum absolute atomic E-state index is 10.2. The summed E-state index contributed by atoms with van der Waals surface area (Å²) < 4.78 is 0.861. The quantitative estimate of drug-likeness (QED) is 0.335. The van der Waals surface area contributed by atoms with Gasteiger partial charge in [0.05, 0.1) is 33.6 Å². The smallest absolute Gasteiger partial charge is 0.128 e. The van der Waals surface area contributed by atoms with Crippen molar-refractivity contribution >= 4 is 6.29 Å². The van der Waals surface area contributed by atoms with Crippen molar-refractivity contribution in [3.63, 3.8) is 0 Å². The zero-order chi connectivity index (χ0) is 7.49. The second-order valence-corrected chi connectivity index (χ2v) is 3.59. The molecule has 0 fully saturated rings. The molecule has 0 aromatic carbocycles. The molecule has 0 saturated heterocycles. The number of hydrogen-bond donors (Lipinski definition) is 0. The minimum atomic E-state index is 0. The fourth-order valence-corrected chi connectivity index (χ4v) is 0.907. The van der Waals surface area contributed by atoms with Crippen molar-refractivity contribution in [2.24, 2.45) is 5.92 Å². The number of nitrogens with zero attached hydrogens (tertiary/aromatic N) is 1. The van der Waals surface area contributed by atoms with Crippen molar-refractivity contribution in [2.75, 3.05) is 27.7 Å². The van der Waals surface area contributed by atoms with Crippen LogP contribution in [0.3, 0.4) is 0 Å². The molecule has 3 heteroatoms. The van der Waals surface area contributed by atoms with Crippen LogP contribution in [0.15, 0.2) is 0 Å². The van der Waals surface area contributed by atoms with E-state index >= 15 is 0 Å². The molecule has 0 saturated carbocycles. The summed E-state index contributed by atoms with van der Waals surface area (Å²) in [4.78, 5) is 10.2. The van der Waals surface area contributed by atoms with Crippen molar-refractivity contribution in [1.82, 2.24) is 0 Å². The predicted molar refractivity (Wildman–Crippen MR) is 38.1 cm³/mol. The van der Waals surface area contributed by atoms with Gasteiger partial charge in [0, 0.05) is 0 Å². The first kappa shape index (κ1) is 12.6. The molecule has 0 amide bonds. The molecule has 0 aromatic heterocycles. The van der Waals surface area contributed by atoms with Crippen LogP contribution >= 0.6 is 0 Å². The van der Waals surface area contributed by atoms with E-state index in [0.717, 1.165) is 17.3 Å². The monoisotopic (exact) mass is 165 g/mol. The van der Waals surface area contributed by atoms with Crippen LogP contribution in [0, 0.1) is 5.92 Å². The minimum Gasteiger partial charge on any atom is -1.00 e. The molecule has 0 heterocycles. The van der Waals surface area contributed by atoms with E-state index in [1.54, 1.807) is 0 Å². The molecule has 0 aliphatic rings. The summed E-state index contributed by atoms with van der Waals surface area (Å²) >= 11 is 0. The van der Waals surface area contributed by atoms with Crippen molar-refractivity contribution in [2.45, 2.75) is 6.92 Å². The number of carbonyl (C=O) groups is 1. The molecular weight excluding hydrogens is 150 g/mol. The average Bonchev–Trinajstić information content (AvgIpc) is 1.62. The third kappa shape index (κ3) is 7.92. The Balaban J connectivity index is 0. The molecule has 0 aromatic rings. The number of quaternary nitrogens is 1. The van der Waals surface area contributed by atoms with E-state index in [9.17, 15) is 4.79 Å². The zero-order valence-corrected chi connectivity index (χ0v) is 7.85. The van der Waals surface area contributed by atoms with Gasteiger partial charge in [0.25, 0.3) is 0 Å². The fraction of sp³-hybridized carbons (Fsp3) is 0.857. The van der Waals surface area contributed by atoms with Gasteiger partial charge in [-0.15, -0.1) is 0 Å². The van der Waals surface area contributed by atoms with Gasteiger partial charge in [-0.05, 0) is 0 Å². The first-order chi connectivity index (χ1) is 3.95. The Hall–Kier alpha value is -0.0800. The number of aldehydes is 1. The van der Waals surface area contributed by atoms with E-state index < -0.39 is 0 Å². The largest absolute Gasteiger partial charge is 1.00 e. The van der Waals surface area contributed by atoms with Crippen molar-refractivity contribution in [3.8, 4) is 0 Å². The molecule has 1 unspecified atom stereocenters. The van der Waals surface area contributed by atoms with E-state index in [-0.39, 0.29) is 18.3 Å². The van der Waals surface area contributed by atoms with Gasteiger partial charge in [0.2, 0.25) is 0 Å². The highest BCUT2D eigenvalue weighted by atomic mass is 35.5. The summed E-state index contributed by atoms with van der Waals surface area (Å²) in [5, 5.41) is 0. The second kappa shape index (κ2) is 4.69. The van der Waals surface area contributed by atoms with Crippen LogP contribution in [0.4, 0.5) is 0 Å². The fourth-order valence-electron chi connectivity index (χ4n) is 0.907. The molecule has 10 heavy (non-hydrogen) atoms. The number of halogens is 1. The minimum absolute atomic E-state index is 0. The van der Waals surface area contributed by atoms with Crippen LogP contribution in [-0.4, -0.2) is 38.5 Å². The number of carbonyl (C=O) groups excluding carboxylic acids is 1. The second-order valence-electron chi connectivity index (χ2n) is 3.59. The molecule has 0 N–H and O–H groups in total. The highest BCUT2D eigenvalue weighted by molar-refractivity contribution is 5.52. The molecule has 0 bridgehead atoms. The normalized spacial score (nSPS) is 13.6. The van der Waals surface area contributed by atoms with E-state index in [4.69, 9.17) is 0 Å². The predicted octanol–water partition coefficient (Wildman–Crippen LogP) is -2.47. The Morgan fingerprint density at radius 1 is 1.40 bits per heavy atom. The van der Waals surface area contributed by atoms with Gasteiger partial charge < -0.3 is 21.7 Å². The highest BCUT2D eigenvalue weighted by Gasteiger charge is 2.11. The van der Waals surface area contributed by atoms with Crippen LogP contribution in [-0.2, 0) is 4.79 Å². The van der Waals surface area contributed by atoms with Gasteiger partial charge in [0.15, 0.2) is 0 Å². The summed E-state index contributed by atoms with van der Waals surface area (Å²) in [6.45, 7) is 2.86. The maximum atomic E-state index is 10.2. The van der Waals surface area contributed by atoms with Crippen LogP contribution < -0.4 is 12.4 Å². The number of rotatable bonds is 3. The lowest BCUT2D eigenvalue weighted by molar-refractivity contribution is -0.872. The first-order valence-electron chi connectivity index (χ1n) is 3.21. The lowest BCUT2D eigenvalue weighted by Gasteiger charge is -2.25. The summed E-state index contributed by atoms with van der Waals surface area (Å²) in [6, 6.07) is 0. The molecule has 0 spiro atoms.